The Morgan fingerprint density at radius 3 is 2.41 bits per heavy atom. The molecule has 0 fully saturated rings. The molecule has 0 aliphatic carbocycles. The lowest BCUT2D eigenvalue weighted by atomic mass is 10.1. The van der Waals surface area contributed by atoms with Gasteiger partial charge in [-0.15, -0.1) is 0 Å². The molecule has 1 heterocycles. The summed E-state index contributed by atoms with van der Waals surface area (Å²) in [5, 5.41) is 6.61. The molecule has 0 saturated heterocycles. The van der Waals surface area contributed by atoms with Crippen molar-refractivity contribution < 1.29 is 9.21 Å². The molecule has 7 heteroatoms. The van der Waals surface area contributed by atoms with E-state index in [0.29, 0.717) is 16.5 Å². The molecule has 2 N–H and O–H groups in total. The van der Waals surface area contributed by atoms with Gasteiger partial charge in [-0.25, -0.2) is 0 Å². The molecule has 0 atom stereocenters. The maximum absolute atomic E-state index is 12.2. The largest absolute Gasteiger partial charge is 0.457 e. The van der Waals surface area contributed by atoms with Crippen LogP contribution in [0.25, 0.3) is 17.4 Å². The van der Waals surface area contributed by atoms with Crippen molar-refractivity contribution in [2.75, 3.05) is 5.32 Å². The first-order valence-electron chi connectivity index (χ1n) is 8.74. The van der Waals surface area contributed by atoms with Crippen LogP contribution in [0.4, 0.5) is 5.69 Å². The molecule has 3 rings (SSSR count). The molecule has 29 heavy (non-hydrogen) atoms. The number of halogens is 2. The van der Waals surface area contributed by atoms with E-state index >= 15 is 0 Å². The maximum Gasteiger partial charge on any atom is 0.250 e. The van der Waals surface area contributed by atoms with Gasteiger partial charge in [0, 0.05) is 26.8 Å². The number of furan rings is 1. The van der Waals surface area contributed by atoms with Crippen molar-refractivity contribution >= 4 is 62.5 Å². The Morgan fingerprint density at radius 1 is 1.10 bits per heavy atom. The van der Waals surface area contributed by atoms with Crippen LogP contribution in [0, 0.1) is 13.8 Å². The van der Waals surface area contributed by atoms with Gasteiger partial charge < -0.3 is 9.73 Å². The highest BCUT2D eigenvalue weighted by molar-refractivity contribution is 9.10. The number of carbonyl (C=O) groups excluding carboxylic acids is 1. The van der Waals surface area contributed by atoms with E-state index in [1.165, 1.54) is 6.08 Å². The molecule has 1 aromatic heterocycles. The fourth-order valence-electron chi connectivity index (χ4n) is 2.78. The fourth-order valence-corrected chi connectivity index (χ4v) is 3.79. The van der Waals surface area contributed by atoms with Crippen LogP contribution in [0.15, 0.2) is 63.5 Å². The number of hydrogen-bond donors (Lipinski definition) is 2. The maximum atomic E-state index is 12.2. The van der Waals surface area contributed by atoms with Crippen LogP contribution < -0.4 is 10.6 Å². The molecule has 0 bridgehead atoms. The zero-order valence-electron chi connectivity index (χ0n) is 15.8. The summed E-state index contributed by atoms with van der Waals surface area (Å²) in [5.41, 5.74) is 3.83. The zero-order valence-corrected chi connectivity index (χ0v) is 18.9. The number of nitrogens with one attached hydrogen (secondary N) is 2. The van der Waals surface area contributed by atoms with Gasteiger partial charge in [0.15, 0.2) is 5.11 Å². The van der Waals surface area contributed by atoms with Crippen molar-refractivity contribution in [2.24, 2.45) is 0 Å². The Bertz CT molecular complexity index is 1070. The Labute approximate surface area is 188 Å². The highest BCUT2D eigenvalue weighted by Gasteiger charge is 2.08. The van der Waals surface area contributed by atoms with Gasteiger partial charge in [-0.1, -0.05) is 27.5 Å². The van der Waals surface area contributed by atoms with Crippen molar-refractivity contribution in [2.45, 2.75) is 13.8 Å². The van der Waals surface area contributed by atoms with Crippen molar-refractivity contribution in [3.63, 3.8) is 0 Å². The van der Waals surface area contributed by atoms with Crippen LogP contribution in [-0.4, -0.2) is 11.0 Å². The van der Waals surface area contributed by atoms with Gasteiger partial charge in [-0.05, 0) is 91.8 Å². The number of aryl methyl sites for hydroxylation is 2. The standard InChI is InChI=1S/C22H18BrClN2O2S/c1-13-11-16(23)12-14(2)21(13)26-22(29)25-20(27)10-8-18-7-9-19(28-18)15-3-5-17(24)6-4-15/h3-12H,1-2H3,(H2,25,26,27,29). The smallest absolute Gasteiger partial charge is 0.250 e. The minimum atomic E-state index is -0.348. The number of rotatable bonds is 4. The van der Waals surface area contributed by atoms with E-state index in [9.17, 15) is 4.79 Å². The molecule has 4 nitrogen and oxygen atoms in total. The summed E-state index contributed by atoms with van der Waals surface area (Å²) < 4.78 is 6.73. The first-order valence-corrected chi connectivity index (χ1v) is 10.3. The lowest BCUT2D eigenvalue weighted by Crippen LogP contribution is -2.33. The van der Waals surface area contributed by atoms with E-state index < -0.39 is 0 Å². The molecule has 0 unspecified atom stereocenters. The molecule has 1 amide bonds. The van der Waals surface area contributed by atoms with Gasteiger partial charge in [0.25, 0.3) is 0 Å². The van der Waals surface area contributed by atoms with E-state index in [0.717, 1.165) is 26.9 Å². The topological polar surface area (TPSA) is 54.3 Å². The van der Waals surface area contributed by atoms with Crippen LogP contribution in [-0.2, 0) is 4.79 Å². The Morgan fingerprint density at radius 2 is 1.76 bits per heavy atom. The summed E-state index contributed by atoms with van der Waals surface area (Å²) in [7, 11) is 0. The van der Waals surface area contributed by atoms with Crippen molar-refractivity contribution in [3.05, 3.63) is 81.0 Å². The number of hydrogen-bond acceptors (Lipinski definition) is 3. The molecule has 0 spiro atoms. The summed E-state index contributed by atoms with van der Waals surface area (Å²) in [6.07, 6.45) is 2.97. The van der Waals surface area contributed by atoms with E-state index in [-0.39, 0.29) is 11.0 Å². The molecular weight excluding hydrogens is 472 g/mol. The van der Waals surface area contributed by atoms with Crippen LogP contribution in [0.5, 0.6) is 0 Å². The second-order valence-corrected chi connectivity index (χ2v) is 8.16. The van der Waals surface area contributed by atoms with Crippen LogP contribution in [0.3, 0.4) is 0 Å². The van der Waals surface area contributed by atoms with Gasteiger partial charge in [0.05, 0.1) is 0 Å². The third-order valence-corrected chi connectivity index (χ3v) is 5.04. The average molecular weight is 490 g/mol. The van der Waals surface area contributed by atoms with Crippen LogP contribution >= 0.6 is 39.7 Å². The minimum absolute atomic E-state index is 0.231. The zero-order chi connectivity index (χ0) is 21.0. The van der Waals surface area contributed by atoms with E-state index in [2.05, 4.69) is 26.6 Å². The molecular formula is C22H18BrClN2O2S. The van der Waals surface area contributed by atoms with Gasteiger partial charge in [0.2, 0.25) is 5.91 Å². The Balaban J connectivity index is 1.60. The van der Waals surface area contributed by atoms with Crippen molar-refractivity contribution in [1.82, 2.24) is 5.32 Å². The number of amides is 1. The first-order chi connectivity index (χ1) is 13.8. The number of anilines is 1. The second-order valence-electron chi connectivity index (χ2n) is 6.40. The highest BCUT2D eigenvalue weighted by Crippen LogP contribution is 2.25. The molecule has 0 aliphatic heterocycles. The molecule has 148 valence electrons. The fraction of sp³-hybridized carbons (Fsp3) is 0.0909. The van der Waals surface area contributed by atoms with E-state index in [1.54, 1.807) is 24.3 Å². The van der Waals surface area contributed by atoms with Crippen molar-refractivity contribution in [1.29, 1.82) is 0 Å². The highest BCUT2D eigenvalue weighted by atomic mass is 79.9. The van der Waals surface area contributed by atoms with Crippen molar-refractivity contribution in [3.8, 4) is 11.3 Å². The monoisotopic (exact) mass is 488 g/mol. The normalized spacial score (nSPS) is 10.9. The quantitative estimate of drug-likeness (QED) is 0.324. The summed E-state index contributed by atoms with van der Waals surface area (Å²) in [5.74, 6) is 0.906. The molecule has 0 radical (unpaired) electrons. The number of thiocarbonyl (C=S) groups is 1. The Hall–Kier alpha value is -2.41. The average Bonchev–Trinajstić information content (AvgIpc) is 3.12. The minimum Gasteiger partial charge on any atom is -0.457 e. The third-order valence-electron chi connectivity index (χ3n) is 4.13. The molecule has 0 aliphatic rings. The van der Waals surface area contributed by atoms with Crippen LogP contribution in [0.2, 0.25) is 5.02 Å². The van der Waals surface area contributed by atoms with Gasteiger partial charge in [-0.3, -0.25) is 10.1 Å². The molecule has 0 saturated carbocycles. The SMILES string of the molecule is Cc1cc(Br)cc(C)c1NC(=S)NC(=O)C=Cc1ccc(-c2ccc(Cl)cc2)o1. The second kappa shape index (κ2) is 9.39. The van der Waals surface area contributed by atoms with Crippen LogP contribution in [0.1, 0.15) is 16.9 Å². The number of benzene rings is 2. The summed E-state index contributed by atoms with van der Waals surface area (Å²) >= 11 is 14.6. The van der Waals surface area contributed by atoms with E-state index in [4.69, 9.17) is 28.2 Å². The predicted molar refractivity (Wildman–Crippen MR) is 126 cm³/mol. The molecule has 2 aromatic carbocycles. The lowest BCUT2D eigenvalue weighted by Gasteiger charge is -2.14. The van der Waals surface area contributed by atoms with Gasteiger partial charge >= 0.3 is 0 Å². The van der Waals surface area contributed by atoms with E-state index in [1.807, 2.05) is 44.2 Å². The summed E-state index contributed by atoms with van der Waals surface area (Å²) in [4.78, 5) is 12.2. The first kappa shape index (κ1) is 21.3. The third kappa shape index (κ3) is 5.79. The molecule has 3 aromatic rings. The predicted octanol–water partition coefficient (Wildman–Crippen LogP) is 6.51. The number of carbonyl (C=O) groups is 1. The summed E-state index contributed by atoms with van der Waals surface area (Å²) in [6, 6.07) is 14.9. The Kier molecular flexibility index (Phi) is 6.90. The summed E-state index contributed by atoms with van der Waals surface area (Å²) in [6.45, 7) is 3.94. The lowest BCUT2D eigenvalue weighted by molar-refractivity contribution is -0.115. The van der Waals surface area contributed by atoms with Gasteiger partial charge in [-0.2, -0.15) is 0 Å². The van der Waals surface area contributed by atoms with Gasteiger partial charge in [0.1, 0.15) is 11.5 Å².